The Balaban J connectivity index is 2.04. The summed E-state index contributed by atoms with van der Waals surface area (Å²) >= 11 is 1.51. The summed E-state index contributed by atoms with van der Waals surface area (Å²) in [5.41, 5.74) is 7.98. The van der Waals surface area contributed by atoms with Gasteiger partial charge in [0.15, 0.2) is 5.58 Å². The zero-order valence-corrected chi connectivity index (χ0v) is 11.4. The maximum Gasteiger partial charge on any atom is 0.247 e. The number of rotatable bonds is 3. The zero-order valence-electron chi connectivity index (χ0n) is 10.6. The molecule has 0 radical (unpaired) electrons. The predicted molar refractivity (Wildman–Crippen MR) is 74.3 cm³/mol. The third kappa shape index (κ3) is 2.20. The lowest BCUT2D eigenvalue weighted by atomic mass is 10.3. The largest absolute Gasteiger partial charge is 0.497 e. The van der Waals surface area contributed by atoms with Crippen LogP contribution in [0.15, 0.2) is 28.0 Å². The number of nitrogens with two attached hydrogens (primary N) is 1. The summed E-state index contributed by atoms with van der Waals surface area (Å²) in [5, 5.41) is 2.77. The molecule has 1 aromatic carbocycles. The summed E-state index contributed by atoms with van der Waals surface area (Å²) in [7, 11) is 1.62. The molecule has 0 amide bonds. The molecule has 3 aromatic rings. The maximum atomic E-state index is 5.80. The van der Waals surface area contributed by atoms with Crippen molar-refractivity contribution >= 4 is 22.4 Å². The van der Waals surface area contributed by atoms with Crippen LogP contribution in [0.2, 0.25) is 0 Å². The molecule has 5 nitrogen and oxygen atoms in total. The van der Waals surface area contributed by atoms with Gasteiger partial charge < -0.3 is 14.9 Å². The number of aromatic nitrogens is 2. The molecule has 0 bridgehead atoms. The van der Waals surface area contributed by atoms with Crippen LogP contribution in [0.25, 0.3) is 22.7 Å². The van der Waals surface area contributed by atoms with Gasteiger partial charge in [0, 0.05) is 11.4 Å². The molecule has 0 aliphatic carbocycles. The second-order valence-electron chi connectivity index (χ2n) is 4.21. The molecule has 98 valence electrons. The number of hydrogen-bond acceptors (Lipinski definition) is 6. The van der Waals surface area contributed by atoms with Gasteiger partial charge >= 0.3 is 0 Å². The highest BCUT2D eigenvalue weighted by atomic mass is 32.1. The number of fused-ring (bicyclic) bond motifs is 1. The Labute approximate surface area is 114 Å². The van der Waals surface area contributed by atoms with Crippen molar-refractivity contribution in [3.8, 4) is 17.3 Å². The Bertz CT molecular complexity index is 718. The molecule has 19 heavy (non-hydrogen) atoms. The Morgan fingerprint density at radius 1 is 1.37 bits per heavy atom. The first-order valence-electron chi connectivity index (χ1n) is 5.83. The minimum atomic E-state index is -0.0803. The van der Waals surface area contributed by atoms with E-state index < -0.39 is 0 Å². The molecule has 2 aromatic heterocycles. The van der Waals surface area contributed by atoms with Crippen LogP contribution in [0.1, 0.15) is 18.0 Å². The molecule has 0 spiro atoms. The number of nitrogens with zero attached hydrogens (tertiary/aromatic N) is 2. The number of hydrogen-bond donors (Lipinski definition) is 1. The van der Waals surface area contributed by atoms with E-state index in [9.17, 15) is 0 Å². The van der Waals surface area contributed by atoms with Gasteiger partial charge in [-0.2, -0.15) is 0 Å². The van der Waals surface area contributed by atoms with Gasteiger partial charge in [-0.3, -0.25) is 0 Å². The van der Waals surface area contributed by atoms with E-state index in [1.165, 1.54) is 11.3 Å². The lowest BCUT2D eigenvalue weighted by Gasteiger charge is -1.95. The summed E-state index contributed by atoms with van der Waals surface area (Å²) in [5.74, 6) is 1.26. The van der Waals surface area contributed by atoms with Gasteiger partial charge in [-0.25, -0.2) is 9.97 Å². The average Bonchev–Trinajstić information content (AvgIpc) is 3.04. The first-order valence-corrected chi connectivity index (χ1v) is 6.71. The minimum absolute atomic E-state index is 0.0803. The second-order valence-corrected chi connectivity index (χ2v) is 5.10. The van der Waals surface area contributed by atoms with Crippen molar-refractivity contribution in [2.75, 3.05) is 7.11 Å². The van der Waals surface area contributed by atoms with Crippen molar-refractivity contribution < 1.29 is 9.15 Å². The van der Waals surface area contributed by atoms with E-state index in [1.807, 2.05) is 30.5 Å². The van der Waals surface area contributed by atoms with Crippen LogP contribution in [0.3, 0.4) is 0 Å². The summed E-state index contributed by atoms with van der Waals surface area (Å²) in [6.07, 6.45) is 0. The topological polar surface area (TPSA) is 74.2 Å². The Kier molecular flexibility index (Phi) is 2.96. The van der Waals surface area contributed by atoms with Crippen LogP contribution in [-0.4, -0.2) is 17.1 Å². The molecule has 6 heteroatoms. The van der Waals surface area contributed by atoms with Crippen LogP contribution >= 0.6 is 11.3 Å². The first-order chi connectivity index (χ1) is 9.17. The summed E-state index contributed by atoms with van der Waals surface area (Å²) in [6, 6.07) is 5.43. The number of ether oxygens (including phenoxy) is 1. The molecule has 0 aliphatic rings. The van der Waals surface area contributed by atoms with Crippen LogP contribution in [0, 0.1) is 0 Å². The van der Waals surface area contributed by atoms with Crippen molar-refractivity contribution in [3.05, 3.63) is 28.6 Å². The van der Waals surface area contributed by atoms with Crippen molar-refractivity contribution in [1.29, 1.82) is 0 Å². The van der Waals surface area contributed by atoms with Gasteiger partial charge in [-0.05, 0) is 19.1 Å². The standard InChI is InChI=1S/C13H13N3O2S/c1-7(14)13-16-10(6-19-13)12-15-9-5-8(17-2)3-4-11(9)18-12/h3-7H,14H2,1-2H3. The van der Waals surface area contributed by atoms with Gasteiger partial charge in [0.2, 0.25) is 5.89 Å². The molecule has 0 fully saturated rings. The van der Waals surface area contributed by atoms with Gasteiger partial charge in [-0.1, -0.05) is 0 Å². The smallest absolute Gasteiger partial charge is 0.247 e. The van der Waals surface area contributed by atoms with Crippen LogP contribution < -0.4 is 10.5 Å². The van der Waals surface area contributed by atoms with E-state index in [4.69, 9.17) is 14.9 Å². The monoisotopic (exact) mass is 275 g/mol. The Hall–Kier alpha value is -1.92. The molecule has 1 atom stereocenters. The van der Waals surface area contributed by atoms with Crippen molar-refractivity contribution in [2.45, 2.75) is 13.0 Å². The van der Waals surface area contributed by atoms with E-state index in [-0.39, 0.29) is 6.04 Å². The van der Waals surface area contributed by atoms with Gasteiger partial charge in [0.1, 0.15) is 22.0 Å². The summed E-state index contributed by atoms with van der Waals surface area (Å²) < 4.78 is 10.8. The quantitative estimate of drug-likeness (QED) is 0.795. The fourth-order valence-electron chi connectivity index (χ4n) is 1.74. The SMILES string of the molecule is COc1ccc2oc(-c3csc(C(C)N)n3)nc2c1. The first kappa shape index (κ1) is 12.1. The van der Waals surface area contributed by atoms with E-state index in [0.717, 1.165) is 16.3 Å². The third-order valence-electron chi connectivity index (χ3n) is 2.73. The fourth-order valence-corrected chi connectivity index (χ4v) is 2.49. The highest BCUT2D eigenvalue weighted by Crippen LogP contribution is 2.28. The summed E-state index contributed by atoms with van der Waals surface area (Å²) in [4.78, 5) is 8.84. The summed E-state index contributed by atoms with van der Waals surface area (Å²) in [6.45, 7) is 1.90. The van der Waals surface area contributed by atoms with E-state index in [0.29, 0.717) is 17.2 Å². The lowest BCUT2D eigenvalue weighted by molar-refractivity contribution is 0.415. The van der Waals surface area contributed by atoms with E-state index >= 15 is 0 Å². The number of benzene rings is 1. The Morgan fingerprint density at radius 3 is 2.89 bits per heavy atom. The fraction of sp³-hybridized carbons (Fsp3) is 0.231. The molecule has 0 aliphatic heterocycles. The Morgan fingerprint density at radius 2 is 2.21 bits per heavy atom. The predicted octanol–water partition coefficient (Wildman–Crippen LogP) is 2.98. The molecular formula is C13H13N3O2S. The van der Waals surface area contributed by atoms with Crippen molar-refractivity contribution in [2.24, 2.45) is 5.73 Å². The lowest BCUT2D eigenvalue weighted by Crippen LogP contribution is -2.03. The number of thiazole rings is 1. The van der Waals surface area contributed by atoms with Gasteiger partial charge in [-0.15, -0.1) is 11.3 Å². The van der Waals surface area contributed by atoms with Crippen molar-refractivity contribution in [1.82, 2.24) is 9.97 Å². The van der Waals surface area contributed by atoms with Crippen LogP contribution in [0.4, 0.5) is 0 Å². The van der Waals surface area contributed by atoms with Gasteiger partial charge in [0.25, 0.3) is 0 Å². The number of oxazole rings is 1. The van der Waals surface area contributed by atoms with E-state index in [2.05, 4.69) is 9.97 Å². The van der Waals surface area contributed by atoms with Crippen LogP contribution in [0.5, 0.6) is 5.75 Å². The molecule has 2 N–H and O–H groups in total. The van der Waals surface area contributed by atoms with Crippen molar-refractivity contribution in [3.63, 3.8) is 0 Å². The average molecular weight is 275 g/mol. The second kappa shape index (κ2) is 4.64. The third-order valence-corrected chi connectivity index (χ3v) is 3.77. The maximum absolute atomic E-state index is 5.80. The van der Waals surface area contributed by atoms with Crippen LogP contribution in [-0.2, 0) is 0 Å². The number of methoxy groups -OCH3 is 1. The molecule has 2 heterocycles. The normalized spacial score (nSPS) is 12.8. The highest BCUT2D eigenvalue weighted by molar-refractivity contribution is 7.10. The molecule has 0 saturated carbocycles. The highest BCUT2D eigenvalue weighted by Gasteiger charge is 2.13. The zero-order chi connectivity index (χ0) is 13.4. The van der Waals surface area contributed by atoms with E-state index in [1.54, 1.807) is 7.11 Å². The molecule has 1 unspecified atom stereocenters. The molecule has 0 saturated heterocycles. The van der Waals surface area contributed by atoms with Gasteiger partial charge in [0.05, 0.1) is 13.2 Å². The molecular weight excluding hydrogens is 262 g/mol. The molecule has 3 rings (SSSR count). The minimum Gasteiger partial charge on any atom is -0.497 e.